The van der Waals surface area contributed by atoms with Gasteiger partial charge in [0.15, 0.2) is 0 Å². The van der Waals surface area contributed by atoms with Crippen LogP contribution < -0.4 is 5.32 Å². The summed E-state index contributed by atoms with van der Waals surface area (Å²) in [6.45, 7) is 7.35. The van der Waals surface area contributed by atoms with Gasteiger partial charge in [-0.1, -0.05) is 30.3 Å². The molecule has 0 atom stereocenters. The van der Waals surface area contributed by atoms with Crippen LogP contribution in [-0.2, 0) is 10.2 Å². The normalized spacial score (nSPS) is 12.3. The van der Waals surface area contributed by atoms with Crippen LogP contribution in [-0.4, -0.2) is 23.2 Å². The molecule has 17 heavy (non-hydrogen) atoms. The first-order chi connectivity index (χ1) is 7.73. The molecule has 2 N–H and O–H groups in total. The molecule has 0 fully saturated rings. The first kappa shape index (κ1) is 13.7. The molecule has 1 amide bonds. The van der Waals surface area contributed by atoms with Gasteiger partial charge in [0.25, 0.3) is 0 Å². The molecule has 3 nitrogen and oxygen atoms in total. The standard InChI is InChI=1S/C14H21NO2/c1-13(2,17)10-15-12(16)14(3,4)11-8-6-5-7-9-11/h5-9,17H,10H2,1-4H3,(H,15,16). The maximum absolute atomic E-state index is 12.1. The van der Waals surface area contributed by atoms with Gasteiger partial charge in [0.2, 0.25) is 5.91 Å². The predicted octanol–water partition coefficient (Wildman–Crippen LogP) is 1.85. The first-order valence-electron chi connectivity index (χ1n) is 5.80. The van der Waals surface area contributed by atoms with E-state index in [9.17, 15) is 9.90 Å². The van der Waals surface area contributed by atoms with Crippen molar-refractivity contribution in [3.8, 4) is 0 Å². The molecule has 0 saturated heterocycles. The van der Waals surface area contributed by atoms with E-state index in [0.29, 0.717) is 0 Å². The Balaban J connectivity index is 2.74. The summed E-state index contributed by atoms with van der Waals surface area (Å²) in [5, 5.41) is 12.4. The van der Waals surface area contributed by atoms with Crippen molar-refractivity contribution >= 4 is 5.91 Å². The molecule has 0 bridgehead atoms. The molecule has 0 spiro atoms. The van der Waals surface area contributed by atoms with E-state index in [1.807, 2.05) is 44.2 Å². The summed E-state index contributed by atoms with van der Waals surface area (Å²) in [5.74, 6) is -0.0779. The summed E-state index contributed by atoms with van der Waals surface area (Å²) >= 11 is 0. The zero-order valence-corrected chi connectivity index (χ0v) is 10.9. The average molecular weight is 235 g/mol. The van der Waals surface area contributed by atoms with Crippen LogP contribution in [0.5, 0.6) is 0 Å². The molecular formula is C14H21NO2. The summed E-state index contributed by atoms with van der Waals surface area (Å²) in [6, 6.07) is 9.63. The number of carbonyl (C=O) groups is 1. The fourth-order valence-electron chi connectivity index (χ4n) is 1.50. The second kappa shape index (κ2) is 4.88. The molecule has 1 aromatic rings. The zero-order chi connectivity index (χ0) is 13.1. The Morgan fingerprint density at radius 2 is 1.71 bits per heavy atom. The molecule has 0 aliphatic carbocycles. The molecule has 0 unspecified atom stereocenters. The molecule has 3 heteroatoms. The number of aliphatic hydroxyl groups is 1. The predicted molar refractivity (Wildman–Crippen MR) is 68.8 cm³/mol. The maximum atomic E-state index is 12.1. The number of amides is 1. The molecular weight excluding hydrogens is 214 g/mol. The van der Waals surface area contributed by atoms with E-state index in [1.54, 1.807) is 13.8 Å². The van der Waals surface area contributed by atoms with Gasteiger partial charge in [0.05, 0.1) is 11.0 Å². The van der Waals surface area contributed by atoms with Crippen LogP contribution in [0.25, 0.3) is 0 Å². The van der Waals surface area contributed by atoms with E-state index in [4.69, 9.17) is 0 Å². The number of hydrogen-bond donors (Lipinski definition) is 2. The van der Waals surface area contributed by atoms with E-state index >= 15 is 0 Å². The summed E-state index contributed by atoms with van der Waals surface area (Å²) in [4.78, 5) is 12.1. The van der Waals surface area contributed by atoms with Gasteiger partial charge in [0.1, 0.15) is 0 Å². The topological polar surface area (TPSA) is 49.3 Å². The van der Waals surface area contributed by atoms with Gasteiger partial charge in [-0.15, -0.1) is 0 Å². The van der Waals surface area contributed by atoms with Gasteiger partial charge < -0.3 is 10.4 Å². The maximum Gasteiger partial charge on any atom is 0.230 e. The Kier molecular flexibility index (Phi) is 3.94. The van der Waals surface area contributed by atoms with Crippen molar-refractivity contribution in [3.05, 3.63) is 35.9 Å². The van der Waals surface area contributed by atoms with Crippen molar-refractivity contribution in [2.75, 3.05) is 6.54 Å². The van der Waals surface area contributed by atoms with Crippen molar-refractivity contribution in [2.45, 2.75) is 38.7 Å². The molecule has 94 valence electrons. The minimum absolute atomic E-state index is 0.0779. The van der Waals surface area contributed by atoms with E-state index < -0.39 is 11.0 Å². The zero-order valence-electron chi connectivity index (χ0n) is 10.9. The first-order valence-corrected chi connectivity index (χ1v) is 5.80. The van der Waals surface area contributed by atoms with E-state index in [0.717, 1.165) is 5.56 Å². The highest BCUT2D eigenvalue weighted by atomic mass is 16.3. The molecule has 0 saturated carbocycles. The van der Waals surface area contributed by atoms with Crippen molar-refractivity contribution in [3.63, 3.8) is 0 Å². The third-order valence-corrected chi connectivity index (χ3v) is 2.74. The fourth-order valence-corrected chi connectivity index (χ4v) is 1.50. The summed E-state index contributed by atoms with van der Waals surface area (Å²) < 4.78 is 0. The molecule has 1 aromatic carbocycles. The van der Waals surface area contributed by atoms with Crippen LogP contribution in [0.15, 0.2) is 30.3 Å². The van der Waals surface area contributed by atoms with Crippen LogP contribution in [0.3, 0.4) is 0 Å². The molecule has 0 aromatic heterocycles. The second-order valence-electron chi connectivity index (χ2n) is 5.49. The van der Waals surface area contributed by atoms with Crippen molar-refractivity contribution in [2.24, 2.45) is 0 Å². The highest BCUT2D eigenvalue weighted by molar-refractivity contribution is 5.87. The van der Waals surface area contributed by atoms with E-state index in [2.05, 4.69) is 5.32 Å². The largest absolute Gasteiger partial charge is 0.389 e. The lowest BCUT2D eigenvalue weighted by Crippen LogP contribution is -2.45. The Morgan fingerprint density at radius 3 is 2.18 bits per heavy atom. The molecule has 0 heterocycles. The summed E-state index contributed by atoms with van der Waals surface area (Å²) in [5.41, 5.74) is -0.511. The Bertz CT molecular complexity index is 377. The minimum atomic E-state index is -0.886. The highest BCUT2D eigenvalue weighted by Crippen LogP contribution is 2.22. The van der Waals surface area contributed by atoms with Gasteiger partial charge in [-0.2, -0.15) is 0 Å². The quantitative estimate of drug-likeness (QED) is 0.836. The van der Waals surface area contributed by atoms with E-state index in [1.165, 1.54) is 0 Å². The van der Waals surface area contributed by atoms with Crippen LogP contribution in [0.1, 0.15) is 33.3 Å². The monoisotopic (exact) mass is 235 g/mol. The number of rotatable bonds is 4. The van der Waals surface area contributed by atoms with E-state index in [-0.39, 0.29) is 12.5 Å². The third kappa shape index (κ3) is 3.86. The Labute approximate surface area is 103 Å². The summed E-state index contributed by atoms with van der Waals surface area (Å²) in [7, 11) is 0. The average Bonchev–Trinajstić information content (AvgIpc) is 2.26. The number of hydrogen-bond acceptors (Lipinski definition) is 2. The van der Waals surface area contributed by atoms with Crippen LogP contribution in [0.2, 0.25) is 0 Å². The molecule has 0 aliphatic heterocycles. The Hall–Kier alpha value is -1.35. The highest BCUT2D eigenvalue weighted by Gasteiger charge is 2.30. The smallest absolute Gasteiger partial charge is 0.230 e. The molecule has 0 radical (unpaired) electrons. The van der Waals surface area contributed by atoms with Gasteiger partial charge in [-0.05, 0) is 33.3 Å². The number of nitrogens with one attached hydrogen (secondary N) is 1. The van der Waals surface area contributed by atoms with Gasteiger partial charge in [-0.3, -0.25) is 4.79 Å². The van der Waals surface area contributed by atoms with Crippen LogP contribution in [0, 0.1) is 0 Å². The number of carbonyl (C=O) groups excluding carboxylic acids is 1. The summed E-state index contributed by atoms with van der Waals surface area (Å²) in [6.07, 6.45) is 0. The van der Waals surface area contributed by atoms with Gasteiger partial charge in [0, 0.05) is 6.54 Å². The third-order valence-electron chi connectivity index (χ3n) is 2.74. The fraction of sp³-hybridized carbons (Fsp3) is 0.500. The SMILES string of the molecule is CC(C)(O)CNC(=O)C(C)(C)c1ccccc1. The van der Waals surface area contributed by atoms with Crippen molar-refractivity contribution < 1.29 is 9.90 Å². The second-order valence-corrected chi connectivity index (χ2v) is 5.49. The Morgan fingerprint density at radius 1 is 1.18 bits per heavy atom. The lowest BCUT2D eigenvalue weighted by atomic mass is 9.83. The van der Waals surface area contributed by atoms with Crippen LogP contribution >= 0.6 is 0 Å². The van der Waals surface area contributed by atoms with Gasteiger partial charge >= 0.3 is 0 Å². The number of benzene rings is 1. The molecule has 1 rings (SSSR count). The lowest BCUT2D eigenvalue weighted by molar-refractivity contribution is -0.126. The van der Waals surface area contributed by atoms with Gasteiger partial charge in [-0.25, -0.2) is 0 Å². The lowest BCUT2D eigenvalue weighted by Gasteiger charge is -2.26. The van der Waals surface area contributed by atoms with Crippen LogP contribution in [0.4, 0.5) is 0 Å². The minimum Gasteiger partial charge on any atom is -0.389 e. The molecule has 0 aliphatic rings. The van der Waals surface area contributed by atoms with Crippen molar-refractivity contribution in [1.82, 2.24) is 5.32 Å². The van der Waals surface area contributed by atoms with Crippen molar-refractivity contribution in [1.29, 1.82) is 0 Å².